The van der Waals surface area contributed by atoms with Crippen molar-refractivity contribution >= 4 is 110 Å². The zero-order valence-corrected chi connectivity index (χ0v) is 50.9. The predicted octanol–water partition coefficient (Wildman–Crippen LogP) is 22.6. The topological polar surface area (TPSA) is 26.2 Å². The fraction of sp³-hybridized carbons (Fsp3) is 0.0233. The number of nitrogens with zero attached hydrogens (tertiary/aromatic N) is 6. The van der Waals surface area contributed by atoms with E-state index < -0.39 is 0 Å². The molecule has 18 rings (SSSR count). The van der Waals surface area contributed by atoms with Crippen molar-refractivity contribution in [2.24, 2.45) is 0 Å². The van der Waals surface area contributed by atoms with Crippen LogP contribution in [-0.4, -0.2) is 32.4 Å². The number of anilines is 4. The molecule has 4 aromatic heterocycles. The van der Waals surface area contributed by atoms with Gasteiger partial charge in [-0.15, -0.1) is 0 Å². The first-order valence-electron chi connectivity index (χ1n) is 31.6. The first kappa shape index (κ1) is 53.0. The van der Waals surface area contributed by atoms with Crippen molar-refractivity contribution in [2.75, 3.05) is 23.9 Å². The van der Waals surface area contributed by atoms with Crippen LogP contribution in [0.25, 0.3) is 143 Å². The van der Waals surface area contributed by atoms with Crippen LogP contribution in [0, 0.1) is 0 Å². The van der Waals surface area contributed by atoms with E-state index in [9.17, 15) is 0 Å². The largest absolute Gasteiger partial charge is 0.345 e. The second kappa shape index (κ2) is 21.3. The molecule has 0 unspecified atom stereocenters. The van der Waals surface area contributed by atoms with E-state index in [1.807, 2.05) is 0 Å². The lowest BCUT2D eigenvalue weighted by molar-refractivity contribution is 1.17. The van der Waals surface area contributed by atoms with Gasteiger partial charge in [-0.1, -0.05) is 182 Å². The highest BCUT2D eigenvalue weighted by atomic mass is 15.1. The molecule has 0 N–H and O–H groups in total. The Balaban J connectivity index is 0.655. The summed E-state index contributed by atoms with van der Waals surface area (Å²) >= 11 is 0. The molecule has 6 nitrogen and oxygen atoms in total. The maximum Gasteiger partial charge on any atom is 0.0619 e. The summed E-state index contributed by atoms with van der Waals surface area (Å²) in [5.41, 5.74) is 25.7. The normalized spacial score (nSPS) is 11.8. The average Bonchev–Trinajstić information content (AvgIpc) is 1.63. The summed E-state index contributed by atoms with van der Waals surface area (Å²) in [5, 5.41) is 9.86. The molecule has 0 atom stereocenters. The van der Waals surface area contributed by atoms with Gasteiger partial charge in [0.15, 0.2) is 0 Å². The molecule has 0 spiro atoms. The molecule has 0 bridgehead atoms. The molecule has 0 radical (unpaired) electrons. The van der Waals surface area contributed by atoms with E-state index in [2.05, 4.69) is 370 Å². The fourth-order valence-electron chi connectivity index (χ4n) is 14.7. The Morgan fingerprint density at radius 2 is 0.554 bits per heavy atom. The van der Waals surface area contributed by atoms with Crippen LogP contribution in [-0.2, 0) is 0 Å². The van der Waals surface area contributed by atoms with Gasteiger partial charge in [0, 0.05) is 108 Å². The van der Waals surface area contributed by atoms with E-state index in [4.69, 9.17) is 0 Å². The molecule has 4 heterocycles. The van der Waals surface area contributed by atoms with Crippen molar-refractivity contribution in [2.45, 2.75) is 0 Å². The van der Waals surface area contributed by atoms with Crippen LogP contribution in [0.3, 0.4) is 0 Å². The highest BCUT2D eigenvalue weighted by Crippen LogP contribution is 2.44. The first-order chi connectivity index (χ1) is 45.5. The number of para-hydroxylation sites is 7. The van der Waals surface area contributed by atoms with Crippen LogP contribution in [0.1, 0.15) is 0 Å². The Morgan fingerprint density at radius 1 is 0.207 bits per heavy atom. The molecule has 6 heteroatoms. The molecule has 18 aromatic rings. The van der Waals surface area contributed by atoms with Gasteiger partial charge in [0.2, 0.25) is 0 Å². The van der Waals surface area contributed by atoms with Crippen molar-refractivity contribution in [3.8, 4) is 56.1 Å². The Hall–Kier alpha value is -12.1. The van der Waals surface area contributed by atoms with E-state index in [0.29, 0.717) is 0 Å². The van der Waals surface area contributed by atoms with E-state index >= 15 is 0 Å². The smallest absolute Gasteiger partial charge is 0.0619 e. The molecule has 0 aliphatic carbocycles. The van der Waals surface area contributed by atoms with Crippen LogP contribution in [0.5, 0.6) is 0 Å². The first-order valence-corrected chi connectivity index (χ1v) is 31.6. The summed E-state index contributed by atoms with van der Waals surface area (Å²) in [6.45, 7) is 0. The van der Waals surface area contributed by atoms with Crippen molar-refractivity contribution in [1.82, 2.24) is 18.3 Å². The van der Waals surface area contributed by atoms with E-state index in [1.54, 1.807) is 0 Å². The highest BCUT2D eigenvalue weighted by molar-refractivity contribution is 6.17. The number of benzene rings is 14. The Bertz CT molecular complexity index is 5870. The third kappa shape index (κ3) is 8.42. The number of aromatic nitrogens is 4. The molecule has 434 valence electrons. The van der Waals surface area contributed by atoms with Crippen LogP contribution >= 0.6 is 0 Å². The summed E-state index contributed by atoms with van der Waals surface area (Å²) in [5.74, 6) is 0. The number of fused-ring (bicyclic) bond motifs is 12. The van der Waals surface area contributed by atoms with Gasteiger partial charge in [0.25, 0.3) is 0 Å². The fourth-order valence-corrected chi connectivity index (χ4v) is 14.7. The zero-order valence-electron chi connectivity index (χ0n) is 50.9. The summed E-state index contributed by atoms with van der Waals surface area (Å²) < 4.78 is 9.62. The van der Waals surface area contributed by atoms with Crippen molar-refractivity contribution < 1.29 is 0 Å². The molecule has 0 amide bonds. The number of hydrogen-bond donors (Lipinski definition) is 0. The standard InChI is InChI=1S/C86H60N6/c1-87(67-49-52-81-76(55-67)71-26-12-15-32-78(71)89(81)63-20-6-3-7-21-63)61-43-36-57(37-44-61)60-42-51-83-75(54-60)73-31-18-30-70(86(73)92(83)65-24-10-5-11-25-65)59-40-47-66(48-41-59)90-79-33-16-13-27-72(79)77-56-68(50-53-82(77)90)88(2)62-45-38-58(39-46-62)69-29-19-35-84-85(69)74-28-14-17-34-80(74)91(84)64-22-8-4-9-23-64/h3-56H,1-2H3. The Labute approximate surface area is 532 Å². The third-order valence-electron chi connectivity index (χ3n) is 19.2. The minimum atomic E-state index is 1.12. The van der Waals surface area contributed by atoms with E-state index in [0.717, 1.165) is 51.1 Å². The van der Waals surface area contributed by atoms with Gasteiger partial charge in [-0.2, -0.15) is 0 Å². The van der Waals surface area contributed by atoms with E-state index in [1.165, 1.54) is 115 Å². The van der Waals surface area contributed by atoms with Gasteiger partial charge in [-0.05, 0) is 173 Å². The second-order valence-corrected chi connectivity index (χ2v) is 24.2. The van der Waals surface area contributed by atoms with Crippen molar-refractivity contribution in [3.05, 3.63) is 328 Å². The third-order valence-corrected chi connectivity index (χ3v) is 19.2. The molecule has 0 aliphatic rings. The summed E-state index contributed by atoms with van der Waals surface area (Å²) in [6, 6.07) is 120. The maximum atomic E-state index is 2.45. The lowest BCUT2D eigenvalue weighted by Gasteiger charge is -2.20. The summed E-state index contributed by atoms with van der Waals surface area (Å²) in [7, 11) is 4.34. The minimum absolute atomic E-state index is 1.12. The Kier molecular flexibility index (Phi) is 12.3. The molecular formula is C86H60N6. The molecule has 0 aliphatic heterocycles. The van der Waals surface area contributed by atoms with Crippen LogP contribution in [0.2, 0.25) is 0 Å². The van der Waals surface area contributed by atoms with Crippen LogP contribution in [0.15, 0.2) is 328 Å². The van der Waals surface area contributed by atoms with Gasteiger partial charge < -0.3 is 28.1 Å². The van der Waals surface area contributed by atoms with Gasteiger partial charge >= 0.3 is 0 Å². The molecule has 0 fully saturated rings. The van der Waals surface area contributed by atoms with Crippen molar-refractivity contribution in [1.29, 1.82) is 0 Å². The zero-order chi connectivity index (χ0) is 61.0. The lowest BCUT2D eigenvalue weighted by Crippen LogP contribution is -2.09. The van der Waals surface area contributed by atoms with Gasteiger partial charge in [-0.3, -0.25) is 0 Å². The van der Waals surface area contributed by atoms with Gasteiger partial charge in [0.1, 0.15) is 0 Å². The summed E-state index contributed by atoms with van der Waals surface area (Å²) in [6.07, 6.45) is 0. The monoisotopic (exact) mass is 1180 g/mol. The summed E-state index contributed by atoms with van der Waals surface area (Å²) in [4.78, 5) is 4.59. The molecular weight excluding hydrogens is 1120 g/mol. The molecule has 0 saturated carbocycles. The average molecular weight is 1180 g/mol. The van der Waals surface area contributed by atoms with Gasteiger partial charge in [0.05, 0.1) is 44.1 Å². The quantitative estimate of drug-likeness (QED) is 0.129. The molecule has 0 saturated heterocycles. The van der Waals surface area contributed by atoms with Crippen molar-refractivity contribution in [3.63, 3.8) is 0 Å². The highest BCUT2D eigenvalue weighted by Gasteiger charge is 2.22. The SMILES string of the molecule is CN(c1ccc(-c2ccc3c(c2)c2cccc(-c4ccc(-n5c6ccccc6c6cc(N(C)c7ccc(-c8cccc9c8c8ccccc8n9-c8ccccc8)cc7)ccc65)cc4)c2n3-c2ccccc2)cc1)c1ccc2c(c1)c1ccccc1n2-c1ccccc1. The second-order valence-electron chi connectivity index (χ2n) is 24.2. The molecule has 14 aromatic carbocycles. The predicted molar refractivity (Wildman–Crippen MR) is 389 cm³/mol. The van der Waals surface area contributed by atoms with Crippen LogP contribution < -0.4 is 9.80 Å². The number of hydrogen-bond acceptors (Lipinski definition) is 2. The van der Waals surface area contributed by atoms with Crippen LogP contribution in [0.4, 0.5) is 22.7 Å². The molecule has 92 heavy (non-hydrogen) atoms. The number of rotatable bonds is 11. The minimum Gasteiger partial charge on any atom is -0.345 e. The lowest BCUT2D eigenvalue weighted by atomic mass is 9.99. The van der Waals surface area contributed by atoms with Gasteiger partial charge in [-0.25, -0.2) is 0 Å². The maximum absolute atomic E-state index is 2.45. The van der Waals surface area contributed by atoms with E-state index in [-0.39, 0.29) is 0 Å². The Morgan fingerprint density at radius 3 is 1.12 bits per heavy atom.